The maximum Gasteiger partial charge on any atom is 0.243 e. The number of fused-ring (bicyclic) bond motifs is 1. The number of aromatic amines is 1. The molecule has 1 aromatic heterocycles. The molecule has 186 valence electrons. The molecule has 2 heterocycles. The van der Waals surface area contributed by atoms with Crippen molar-refractivity contribution in [3.8, 4) is 0 Å². The van der Waals surface area contributed by atoms with E-state index in [1.807, 2.05) is 42.6 Å². The van der Waals surface area contributed by atoms with Crippen LogP contribution in [0.2, 0.25) is 0 Å². The van der Waals surface area contributed by atoms with Gasteiger partial charge >= 0.3 is 0 Å². The first-order valence-electron chi connectivity index (χ1n) is 12.0. The average molecular weight is 497 g/mol. The summed E-state index contributed by atoms with van der Waals surface area (Å²) in [4.78, 5) is 30.7. The van der Waals surface area contributed by atoms with Crippen molar-refractivity contribution in [1.29, 1.82) is 0 Å². The first-order valence-corrected chi connectivity index (χ1v) is 13.6. The number of benzene rings is 2. The molecule has 1 saturated heterocycles. The average Bonchev–Trinajstić information content (AvgIpc) is 3.27. The van der Waals surface area contributed by atoms with E-state index in [0.717, 1.165) is 48.1 Å². The van der Waals surface area contributed by atoms with E-state index in [2.05, 4.69) is 20.5 Å². The number of hydrogen-bond acceptors (Lipinski definition) is 5. The number of H-pyrrole nitrogens is 1. The van der Waals surface area contributed by atoms with Crippen LogP contribution >= 0.6 is 0 Å². The van der Waals surface area contributed by atoms with Gasteiger partial charge in [-0.25, -0.2) is 8.42 Å². The Morgan fingerprint density at radius 3 is 2.43 bits per heavy atom. The zero-order valence-electron chi connectivity index (χ0n) is 20.1. The van der Waals surface area contributed by atoms with Crippen LogP contribution in [0.5, 0.6) is 0 Å². The number of rotatable bonds is 8. The summed E-state index contributed by atoms with van der Waals surface area (Å²) < 4.78 is 24.1. The monoisotopic (exact) mass is 496 g/mol. The van der Waals surface area contributed by atoms with E-state index >= 15 is 0 Å². The summed E-state index contributed by atoms with van der Waals surface area (Å²) in [5, 5.41) is 6.97. The second kappa shape index (κ2) is 10.5. The molecule has 1 aliphatic heterocycles. The topological polar surface area (TPSA) is 111 Å². The zero-order chi connectivity index (χ0) is 25.0. The fourth-order valence-corrected chi connectivity index (χ4v) is 5.47. The predicted molar refractivity (Wildman–Crippen MR) is 137 cm³/mol. The Hall–Kier alpha value is -3.33. The lowest BCUT2D eigenvalue weighted by Crippen LogP contribution is -2.52. The lowest BCUT2D eigenvalue weighted by atomic mass is 10.0. The van der Waals surface area contributed by atoms with Crippen molar-refractivity contribution in [3.63, 3.8) is 0 Å². The van der Waals surface area contributed by atoms with Gasteiger partial charge in [0.15, 0.2) is 9.84 Å². The van der Waals surface area contributed by atoms with Crippen LogP contribution in [-0.2, 0) is 25.8 Å². The molecule has 4 rings (SSSR count). The van der Waals surface area contributed by atoms with E-state index in [0.29, 0.717) is 11.3 Å². The van der Waals surface area contributed by atoms with E-state index in [1.54, 1.807) is 19.1 Å². The molecule has 35 heavy (non-hydrogen) atoms. The van der Waals surface area contributed by atoms with Gasteiger partial charge in [-0.05, 0) is 48.7 Å². The van der Waals surface area contributed by atoms with Gasteiger partial charge in [0.1, 0.15) is 6.04 Å². The number of nitrogens with zero attached hydrogens (tertiary/aromatic N) is 1. The summed E-state index contributed by atoms with van der Waals surface area (Å²) in [6.07, 6.45) is 3.82. The van der Waals surface area contributed by atoms with Crippen LogP contribution < -0.4 is 15.5 Å². The Labute approximate surface area is 206 Å². The summed E-state index contributed by atoms with van der Waals surface area (Å²) >= 11 is 0. The molecule has 0 bridgehead atoms. The van der Waals surface area contributed by atoms with Gasteiger partial charge in [-0.15, -0.1) is 0 Å². The normalized spacial score (nSPS) is 15.7. The third kappa shape index (κ3) is 5.85. The summed E-state index contributed by atoms with van der Waals surface area (Å²) in [5.41, 5.74) is 2.95. The van der Waals surface area contributed by atoms with Crippen LogP contribution in [0.1, 0.15) is 32.3 Å². The molecule has 8 nitrogen and oxygen atoms in total. The van der Waals surface area contributed by atoms with Crippen molar-refractivity contribution >= 4 is 38.2 Å². The Balaban J connectivity index is 1.36. The maximum absolute atomic E-state index is 13.1. The molecular formula is C26H32N4O4S. The Morgan fingerprint density at radius 1 is 1.09 bits per heavy atom. The Morgan fingerprint density at radius 2 is 1.77 bits per heavy atom. The molecule has 0 saturated carbocycles. The molecule has 0 aliphatic carbocycles. The lowest BCUT2D eigenvalue weighted by molar-refractivity contribution is -0.128. The molecule has 0 spiro atoms. The minimum Gasteiger partial charge on any atom is -0.371 e. The predicted octanol–water partition coefficient (Wildman–Crippen LogP) is 2.79. The standard InChI is InChI=1S/C26H32N4O4S/c1-3-35(33,34)22-10-8-21(9-11-22)30-14-12-20(13-15-30)29-26(32)25(28-18(2)31)16-19-17-27-24-7-5-4-6-23(19)24/h4-11,17,20,25,27H,3,12-16H2,1-2H3,(H,28,31)(H,29,32). The van der Waals surface area contributed by atoms with Gasteiger partial charge in [0.25, 0.3) is 0 Å². The number of nitrogens with one attached hydrogen (secondary N) is 3. The van der Waals surface area contributed by atoms with Gasteiger partial charge in [-0.3, -0.25) is 9.59 Å². The summed E-state index contributed by atoms with van der Waals surface area (Å²) in [5.74, 6) is -0.344. The molecule has 3 aromatic rings. The number of para-hydroxylation sites is 1. The summed E-state index contributed by atoms with van der Waals surface area (Å²) in [7, 11) is -3.21. The summed E-state index contributed by atoms with van der Waals surface area (Å²) in [6.45, 7) is 4.56. The molecule has 1 unspecified atom stereocenters. The van der Waals surface area contributed by atoms with E-state index in [9.17, 15) is 18.0 Å². The highest BCUT2D eigenvalue weighted by Gasteiger charge is 2.26. The molecule has 1 aliphatic rings. The zero-order valence-corrected chi connectivity index (χ0v) is 20.9. The van der Waals surface area contributed by atoms with Crippen LogP contribution in [-0.4, -0.2) is 56.1 Å². The Kier molecular flexibility index (Phi) is 7.45. The molecule has 2 amide bonds. The number of carbonyl (C=O) groups is 2. The smallest absolute Gasteiger partial charge is 0.243 e. The van der Waals surface area contributed by atoms with E-state index in [1.165, 1.54) is 6.92 Å². The molecule has 1 atom stereocenters. The third-order valence-corrected chi connectivity index (χ3v) is 8.33. The minimum absolute atomic E-state index is 0.0118. The van der Waals surface area contributed by atoms with Gasteiger partial charge < -0.3 is 20.5 Å². The van der Waals surface area contributed by atoms with E-state index in [4.69, 9.17) is 0 Å². The van der Waals surface area contributed by atoms with Crippen LogP contribution in [0.25, 0.3) is 10.9 Å². The number of piperidine rings is 1. The Bertz CT molecular complexity index is 1290. The van der Waals surface area contributed by atoms with Crippen LogP contribution in [0.15, 0.2) is 59.6 Å². The maximum atomic E-state index is 13.1. The van der Waals surface area contributed by atoms with E-state index < -0.39 is 15.9 Å². The van der Waals surface area contributed by atoms with Gasteiger partial charge in [0, 0.05) is 55.3 Å². The molecule has 3 N–H and O–H groups in total. The van der Waals surface area contributed by atoms with Gasteiger partial charge in [-0.1, -0.05) is 25.1 Å². The largest absolute Gasteiger partial charge is 0.371 e. The number of aromatic nitrogens is 1. The fraction of sp³-hybridized carbons (Fsp3) is 0.385. The van der Waals surface area contributed by atoms with Crippen molar-refractivity contribution in [2.75, 3.05) is 23.7 Å². The van der Waals surface area contributed by atoms with Gasteiger partial charge in [0.2, 0.25) is 11.8 Å². The van der Waals surface area contributed by atoms with Crippen molar-refractivity contribution < 1.29 is 18.0 Å². The van der Waals surface area contributed by atoms with Crippen LogP contribution in [0, 0.1) is 0 Å². The highest BCUT2D eigenvalue weighted by molar-refractivity contribution is 7.91. The first kappa shape index (κ1) is 24.8. The molecule has 1 fully saturated rings. The quantitative estimate of drug-likeness (QED) is 0.444. The first-order chi connectivity index (χ1) is 16.8. The summed E-state index contributed by atoms with van der Waals surface area (Å²) in [6, 6.07) is 14.3. The highest BCUT2D eigenvalue weighted by atomic mass is 32.2. The number of anilines is 1. The minimum atomic E-state index is -3.21. The van der Waals surface area contributed by atoms with E-state index in [-0.39, 0.29) is 23.6 Å². The third-order valence-electron chi connectivity index (χ3n) is 6.58. The molecule has 2 aromatic carbocycles. The fourth-order valence-electron chi connectivity index (χ4n) is 4.59. The molecule has 0 radical (unpaired) electrons. The van der Waals surface area contributed by atoms with Gasteiger partial charge in [0.05, 0.1) is 10.6 Å². The molecule has 9 heteroatoms. The second-order valence-corrected chi connectivity index (χ2v) is 11.3. The lowest BCUT2D eigenvalue weighted by Gasteiger charge is -2.34. The van der Waals surface area contributed by atoms with Crippen LogP contribution in [0.3, 0.4) is 0 Å². The van der Waals surface area contributed by atoms with Crippen molar-refractivity contribution in [2.24, 2.45) is 0 Å². The number of carbonyl (C=O) groups excluding carboxylic acids is 2. The van der Waals surface area contributed by atoms with Crippen molar-refractivity contribution in [2.45, 2.75) is 50.1 Å². The van der Waals surface area contributed by atoms with Crippen LogP contribution in [0.4, 0.5) is 5.69 Å². The highest BCUT2D eigenvalue weighted by Crippen LogP contribution is 2.23. The molecular weight excluding hydrogens is 464 g/mol. The number of amides is 2. The number of sulfone groups is 1. The van der Waals surface area contributed by atoms with Gasteiger partial charge in [-0.2, -0.15) is 0 Å². The van der Waals surface area contributed by atoms with Crippen molar-refractivity contribution in [3.05, 3.63) is 60.3 Å². The number of hydrogen-bond donors (Lipinski definition) is 3. The second-order valence-electron chi connectivity index (χ2n) is 8.98. The van der Waals surface area contributed by atoms with Crippen molar-refractivity contribution in [1.82, 2.24) is 15.6 Å². The SMILES string of the molecule is CCS(=O)(=O)c1ccc(N2CCC(NC(=O)C(Cc3c[nH]c4ccccc34)NC(C)=O)CC2)cc1.